The normalized spacial score (nSPS) is 13.4. The molecule has 0 radical (unpaired) electrons. The van der Waals surface area contributed by atoms with Gasteiger partial charge in [-0.05, 0) is 35.4 Å². The molecule has 0 bridgehead atoms. The third-order valence-electron chi connectivity index (χ3n) is 5.77. The fourth-order valence-electron chi connectivity index (χ4n) is 4.10. The second-order valence-corrected chi connectivity index (χ2v) is 7.83. The number of oxazole rings is 1. The summed E-state index contributed by atoms with van der Waals surface area (Å²) in [4.78, 5) is 23.1. The molecule has 0 atom stereocenters. The van der Waals surface area contributed by atoms with E-state index in [1.807, 2.05) is 24.3 Å². The smallest absolute Gasteiger partial charge is 0.433 e. The van der Waals surface area contributed by atoms with E-state index in [1.165, 1.54) is 19.2 Å². The minimum absolute atomic E-state index is 0.00481. The van der Waals surface area contributed by atoms with Gasteiger partial charge in [-0.1, -0.05) is 24.3 Å². The highest BCUT2D eigenvalue weighted by atomic mass is 19.4. The summed E-state index contributed by atoms with van der Waals surface area (Å²) in [7, 11) is 1.35. The lowest BCUT2D eigenvalue weighted by molar-refractivity contribution is -0.140. The molecule has 3 heterocycles. The van der Waals surface area contributed by atoms with E-state index in [2.05, 4.69) is 9.97 Å². The number of aromatic nitrogens is 2. The van der Waals surface area contributed by atoms with E-state index >= 15 is 0 Å². The lowest BCUT2D eigenvalue weighted by atomic mass is 10.1. The van der Waals surface area contributed by atoms with Crippen LogP contribution in [0.2, 0.25) is 0 Å². The number of benzene rings is 2. The van der Waals surface area contributed by atoms with Crippen molar-refractivity contribution in [2.75, 3.05) is 7.11 Å². The zero-order chi connectivity index (χ0) is 24.0. The van der Waals surface area contributed by atoms with Crippen molar-refractivity contribution in [3.05, 3.63) is 76.8 Å². The summed E-state index contributed by atoms with van der Waals surface area (Å²) in [5, 5.41) is 0.338. The highest BCUT2D eigenvalue weighted by Gasteiger charge is 2.33. The first-order valence-electron chi connectivity index (χ1n) is 10.4. The van der Waals surface area contributed by atoms with Crippen LogP contribution < -0.4 is 10.5 Å². The zero-order valence-electron chi connectivity index (χ0n) is 18.0. The van der Waals surface area contributed by atoms with Crippen LogP contribution in [0.5, 0.6) is 5.75 Å². The Hall–Kier alpha value is -3.92. The average molecular weight is 468 g/mol. The molecule has 0 saturated heterocycles. The van der Waals surface area contributed by atoms with E-state index in [4.69, 9.17) is 14.9 Å². The maximum absolute atomic E-state index is 13.2. The fraction of sp³-hybridized carbons (Fsp3) is 0.208. The van der Waals surface area contributed by atoms with Crippen molar-refractivity contribution in [2.45, 2.75) is 25.8 Å². The topological polar surface area (TPSA) is 94.5 Å². The van der Waals surface area contributed by atoms with Crippen LogP contribution in [0.4, 0.5) is 13.2 Å². The molecule has 0 unspecified atom stereocenters. The molecule has 5 rings (SSSR count). The van der Waals surface area contributed by atoms with Crippen molar-refractivity contribution in [1.29, 1.82) is 0 Å². The molecular formula is C24H19F3N4O3. The van der Waals surface area contributed by atoms with Gasteiger partial charge in [0.25, 0.3) is 5.91 Å². The van der Waals surface area contributed by atoms with E-state index in [1.54, 1.807) is 11.0 Å². The molecule has 1 aliphatic heterocycles. The van der Waals surface area contributed by atoms with Gasteiger partial charge in [0.2, 0.25) is 5.89 Å². The van der Waals surface area contributed by atoms with Crippen LogP contribution in [0.3, 0.4) is 0 Å². The Bertz CT molecular complexity index is 1390. The van der Waals surface area contributed by atoms with Crippen LogP contribution >= 0.6 is 0 Å². The van der Waals surface area contributed by atoms with E-state index in [0.717, 1.165) is 17.2 Å². The molecule has 1 amide bonds. The number of nitrogens with two attached hydrogens (primary N) is 1. The number of hydrogen-bond acceptors (Lipinski definition) is 6. The van der Waals surface area contributed by atoms with Crippen molar-refractivity contribution in [1.82, 2.24) is 14.9 Å². The summed E-state index contributed by atoms with van der Waals surface area (Å²) in [6.07, 6.45) is -4.61. The summed E-state index contributed by atoms with van der Waals surface area (Å²) >= 11 is 0. The number of alkyl halides is 3. The number of fused-ring (bicyclic) bond motifs is 2. The van der Waals surface area contributed by atoms with Crippen molar-refractivity contribution in [3.63, 3.8) is 0 Å². The predicted octanol–water partition coefficient (Wildman–Crippen LogP) is 4.53. The molecule has 1 aliphatic rings. The second-order valence-electron chi connectivity index (χ2n) is 7.83. The quantitative estimate of drug-likeness (QED) is 0.473. The first kappa shape index (κ1) is 21.9. The molecule has 0 spiro atoms. The number of hydrogen-bond donors (Lipinski definition) is 1. The first-order chi connectivity index (χ1) is 16.3. The summed E-state index contributed by atoms with van der Waals surface area (Å²) in [6.45, 7) is 0.813. The minimum Gasteiger partial charge on any atom is -0.494 e. The Kier molecular flexibility index (Phi) is 5.24. The predicted molar refractivity (Wildman–Crippen MR) is 117 cm³/mol. The van der Waals surface area contributed by atoms with Crippen LogP contribution in [0, 0.1) is 0 Å². The first-order valence-corrected chi connectivity index (χ1v) is 10.4. The summed E-state index contributed by atoms with van der Waals surface area (Å²) in [5.41, 5.74) is 7.35. The number of amides is 1. The van der Waals surface area contributed by atoms with Gasteiger partial charge in [-0.15, -0.1) is 0 Å². The van der Waals surface area contributed by atoms with E-state index < -0.39 is 11.9 Å². The number of carbonyl (C=O) groups excluding carboxylic acids is 1. The molecule has 0 saturated carbocycles. The summed E-state index contributed by atoms with van der Waals surface area (Å²) in [5.74, 6) is 0.0954. The standard InChI is InChI=1S/C24H19F3N4O3/c1-33-17-8-6-16(15-7-9-19(24(25,26)27)29-20(15)17)22-30-21(18(10-28)34-22)23(32)31-11-13-4-2-3-5-14(13)12-31/h2-9H,10-12,28H2,1H3. The monoisotopic (exact) mass is 468 g/mol. The Labute approximate surface area is 192 Å². The van der Waals surface area contributed by atoms with Crippen LogP contribution in [-0.4, -0.2) is 27.9 Å². The van der Waals surface area contributed by atoms with Gasteiger partial charge >= 0.3 is 6.18 Å². The SMILES string of the molecule is COc1ccc(-c2nc(C(=O)N3Cc4ccccc4C3)c(CN)o2)c2ccc(C(F)(F)F)nc12. The third-order valence-corrected chi connectivity index (χ3v) is 5.77. The van der Waals surface area contributed by atoms with E-state index in [-0.39, 0.29) is 41.1 Å². The number of pyridine rings is 1. The molecule has 2 aromatic carbocycles. The molecule has 174 valence electrons. The lowest BCUT2D eigenvalue weighted by Gasteiger charge is -2.14. The molecule has 10 heteroatoms. The number of ether oxygens (including phenoxy) is 1. The Morgan fingerprint density at radius 3 is 2.41 bits per heavy atom. The van der Waals surface area contributed by atoms with Gasteiger partial charge < -0.3 is 19.8 Å². The summed E-state index contributed by atoms with van der Waals surface area (Å²) < 4.78 is 50.7. The molecule has 0 fully saturated rings. The third kappa shape index (κ3) is 3.65. The highest BCUT2D eigenvalue weighted by molar-refractivity contribution is 5.98. The Balaban J connectivity index is 1.56. The molecular weight excluding hydrogens is 449 g/mol. The van der Waals surface area contributed by atoms with Gasteiger partial charge in [-0.2, -0.15) is 13.2 Å². The van der Waals surface area contributed by atoms with Gasteiger partial charge in [0.15, 0.2) is 11.5 Å². The maximum atomic E-state index is 13.2. The van der Waals surface area contributed by atoms with Gasteiger partial charge in [-0.25, -0.2) is 9.97 Å². The molecule has 4 aromatic rings. The van der Waals surface area contributed by atoms with Gasteiger partial charge in [0, 0.05) is 24.0 Å². The number of carbonyl (C=O) groups is 1. The van der Waals surface area contributed by atoms with Crippen molar-refractivity contribution in [2.24, 2.45) is 5.73 Å². The summed E-state index contributed by atoms with van der Waals surface area (Å²) in [6, 6.07) is 13.0. The Morgan fingerprint density at radius 1 is 1.09 bits per heavy atom. The van der Waals surface area contributed by atoms with Gasteiger partial charge in [0.1, 0.15) is 17.0 Å². The molecule has 34 heavy (non-hydrogen) atoms. The average Bonchev–Trinajstić information content (AvgIpc) is 3.46. The van der Waals surface area contributed by atoms with E-state index in [0.29, 0.717) is 24.0 Å². The van der Waals surface area contributed by atoms with Gasteiger partial charge in [0.05, 0.1) is 13.7 Å². The van der Waals surface area contributed by atoms with Crippen LogP contribution in [0.15, 0.2) is 52.9 Å². The Morgan fingerprint density at radius 2 is 1.79 bits per heavy atom. The van der Waals surface area contributed by atoms with Crippen LogP contribution in [0.25, 0.3) is 22.4 Å². The van der Waals surface area contributed by atoms with E-state index in [9.17, 15) is 18.0 Å². The zero-order valence-corrected chi connectivity index (χ0v) is 18.0. The maximum Gasteiger partial charge on any atom is 0.433 e. The van der Waals surface area contributed by atoms with Gasteiger partial charge in [-0.3, -0.25) is 4.79 Å². The molecule has 2 N–H and O–H groups in total. The number of methoxy groups -OCH3 is 1. The van der Waals surface area contributed by atoms with Crippen molar-refractivity contribution < 1.29 is 27.1 Å². The van der Waals surface area contributed by atoms with Crippen LogP contribution in [0.1, 0.15) is 33.1 Å². The number of rotatable bonds is 4. The molecule has 2 aromatic heterocycles. The van der Waals surface area contributed by atoms with Crippen LogP contribution in [-0.2, 0) is 25.8 Å². The number of nitrogens with zero attached hydrogens (tertiary/aromatic N) is 3. The highest BCUT2D eigenvalue weighted by Crippen LogP contribution is 2.37. The lowest BCUT2D eigenvalue weighted by Crippen LogP contribution is -2.26. The molecule has 7 nitrogen and oxygen atoms in total. The fourth-order valence-corrected chi connectivity index (χ4v) is 4.10. The minimum atomic E-state index is -4.61. The van der Waals surface area contributed by atoms with Crippen molar-refractivity contribution >= 4 is 16.8 Å². The second kappa shape index (κ2) is 8.14. The van der Waals surface area contributed by atoms with Crippen molar-refractivity contribution in [3.8, 4) is 17.2 Å². The molecule has 0 aliphatic carbocycles. The number of halogens is 3. The largest absolute Gasteiger partial charge is 0.494 e.